The van der Waals surface area contributed by atoms with Gasteiger partial charge in [0.2, 0.25) is 5.91 Å². The van der Waals surface area contributed by atoms with E-state index in [0.717, 1.165) is 22.6 Å². The van der Waals surface area contributed by atoms with Crippen molar-refractivity contribution in [2.75, 3.05) is 5.75 Å². The molecule has 2 aliphatic rings. The third kappa shape index (κ3) is 2.96. The predicted octanol–water partition coefficient (Wildman–Crippen LogP) is 2.76. The Kier molecular flexibility index (Phi) is 4.01. The molecule has 5 nitrogen and oxygen atoms in total. The first-order valence-corrected chi connectivity index (χ1v) is 9.41. The molecule has 2 aromatic rings. The maximum atomic E-state index is 12.3. The Hall–Kier alpha value is -1.56. The van der Waals surface area contributed by atoms with Crippen LogP contribution in [0.25, 0.3) is 5.65 Å². The van der Waals surface area contributed by atoms with Crippen LogP contribution in [0.4, 0.5) is 0 Å². The number of pyridine rings is 1. The van der Waals surface area contributed by atoms with E-state index in [1.807, 2.05) is 28.8 Å². The van der Waals surface area contributed by atoms with Crippen LogP contribution >= 0.6 is 11.8 Å². The summed E-state index contributed by atoms with van der Waals surface area (Å²) in [5, 5.41) is 12.2. The van der Waals surface area contributed by atoms with Crippen LogP contribution in [0.2, 0.25) is 0 Å². The van der Waals surface area contributed by atoms with Gasteiger partial charge in [-0.15, -0.1) is 10.2 Å². The van der Waals surface area contributed by atoms with Gasteiger partial charge in [-0.1, -0.05) is 24.2 Å². The summed E-state index contributed by atoms with van der Waals surface area (Å²) in [6.07, 6.45) is 7.36. The highest BCUT2D eigenvalue weighted by Gasteiger charge is 2.42. The SMILES string of the molecule is CC(NC(=O)CSc1nnc2ccccn12)C1CC2CCC1C2. The number of rotatable bonds is 5. The van der Waals surface area contributed by atoms with E-state index in [2.05, 4.69) is 22.4 Å². The molecule has 0 saturated heterocycles. The number of thioether (sulfide) groups is 1. The van der Waals surface area contributed by atoms with Crippen molar-refractivity contribution in [2.45, 2.75) is 43.8 Å². The maximum Gasteiger partial charge on any atom is 0.230 e. The average Bonchev–Trinajstić information content (AvgIpc) is 3.28. The standard InChI is InChI=1S/C17H22N4OS/c1-11(14-9-12-5-6-13(14)8-12)18-16(22)10-23-17-20-19-15-4-2-3-7-21(15)17/h2-4,7,11-14H,5-6,8-10H2,1H3,(H,18,22). The summed E-state index contributed by atoms with van der Waals surface area (Å²) in [5.74, 6) is 2.92. The molecule has 1 N–H and O–H groups in total. The van der Waals surface area contributed by atoms with Gasteiger partial charge in [0.15, 0.2) is 10.8 Å². The third-order valence-electron chi connectivity index (χ3n) is 5.44. The van der Waals surface area contributed by atoms with Crippen molar-refractivity contribution in [2.24, 2.45) is 17.8 Å². The van der Waals surface area contributed by atoms with Gasteiger partial charge in [0, 0.05) is 12.2 Å². The van der Waals surface area contributed by atoms with Gasteiger partial charge in [0.25, 0.3) is 0 Å². The molecule has 0 spiro atoms. The van der Waals surface area contributed by atoms with Crippen LogP contribution in [0.5, 0.6) is 0 Å². The van der Waals surface area contributed by atoms with Crippen LogP contribution in [0.3, 0.4) is 0 Å². The molecule has 2 saturated carbocycles. The summed E-state index contributed by atoms with van der Waals surface area (Å²) in [4.78, 5) is 12.3. The van der Waals surface area contributed by atoms with Gasteiger partial charge in [-0.05, 0) is 56.1 Å². The van der Waals surface area contributed by atoms with E-state index in [9.17, 15) is 4.79 Å². The van der Waals surface area contributed by atoms with Crippen molar-refractivity contribution in [1.29, 1.82) is 0 Å². The van der Waals surface area contributed by atoms with E-state index >= 15 is 0 Å². The van der Waals surface area contributed by atoms with Gasteiger partial charge in [0.05, 0.1) is 5.75 Å². The largest absolute Gasteiger partial charge is 0.353 e. The molecule has 2 heterocycles. The highest BCUT2D eigenvalue weighted by molar-refractivity contribution is 7.99. The fraction of sp³-hybridized carbons (Fsp3) is 0.588. The highest BCUT2D eigenvalue weighted by Crippen LogP contribution is 2.49. The van der Waals surface area contributed by atoms with E-state index in [4.69, 9.17) is 0 Å². The van der Waals surface area contributed by atoms with Gasteiger partial charge in [0.1, 0.15) is 0 Å². The molecule has 2 fully saturated rings. The molecule has 23 heavy (non-hydrogen) atoms. The smallest absolute Gasteiger partial charge is 0.230 e. The molecule has 4 atom stereocenters. The number of hydrogen-bond donors (Lipinski definition) is 1. The second-order valence-corrected chi connectivity index (χ2v) is 7.84. The van der Waals surface area contributed by atoms with Gasteiger partial charge in [-0.25, -0.2) is 0 Å². The predicted molar refractivity (Wildman–Crippen MR) is 90.3 cm³/mol. The van der Waals surface area contributed by atoms with E-state index in [1.165, 1.54) is 37.4 Å². The van der Waals surface area contributed by atoms with Crippen LogP contribution in [-0.4, -0.2) is 32.3 Å². The fourth-order valence-electron chi connectivity index (χ4n) is 4.36. The van der Waals surface area contributed by atoms with Crippen LogP contribution in [-0.2, 0) is 4.79 Å². The maximum absolute atomic E-state index is 12.3. The second kappa shape index (κ2) is 6.15. The normalized spacial score (nSPS) is 27.4. The number of carbonyl (C=O) groups excluding carboxylic acids is 1. The summed E-state index contributed by atoms with van der Waals surface area (Å²) in [7, 11) is 0. The molecular weight excluding hydrogens is 308 g/mol. The Morgan fingerprint density at radius 2 is 2.30 bits per heavy atom. The molecule has 4 rings (SSSR count). The monoisotopic (exact) mass is 330 g/mol. The van der Waals surface area contributed by atoms with Crippen LogP contribution in [0.1, 0.15) is 32.6 Å². The fourth-order valence-corrected chi connectivity index (χ4v) is 5.09. The number of nitrogens with zero attached hydrogens (tertiary/aromatic N) is 3. The number of carbonyl (C=O) groups is 1. The summed E-state index contributed by atoms with van der Waals surface area (Å²) in [5.41, 5.74) is 0.811. The lowest BCUT2D eigenvalue weighted by Crippen LogP contribution is -2.40. The zero-order valence-electron chi connectivity index (χ0n) is 13.3. The number of nitrogens with one attached hydrogen (secondary N) is 1. The highest BCUT2D eigenvalue weighted by atomic mass is 32.2. The molecule has 0 aromatic carbocycles. The number of amides is 1. The number of aromatic nitrogens is 3. The zero-order valence-corrected chi connectivity index (χ0v) is 14.1. The van der Waals surface area contributed by atoms with E-state index < -0.39 is 0 Å². The number of hydrogen-bond acceptors (Lipinski definition) is 4. The molecule has 122 valence electrons. The van der Waals surface area contributed by atoms with Crippen molar-refractivity contribution in [3.05, 3.63) is 24.4 Å². The van der Waals surface area contributed by atoms with Crippen molar-refractivity contribution in [3.8, 4) is 0 Å². The molecule has 0 radical (unpaired) electrons. The lowest BCUT2D eigenvalue weighted by molar-refractivity contribution is -0.119. The Morgan fingerprint density at radius 1 is 1.39 bits per heavy atom. The lowest BCUT2D eigenvalue weighted by Gasteiger charge is -2.28. The van der Waals surface area contributed by atoms with Crippen molar-refractivity contribution < 1.29 is 4.79 Å². The first kappa shape index (κ1) is 15.0. The molecule has 1 amide bonds. The molecule has 6 heteroatoms. The first-order chi connectivity index (χ1) is 11.2. The van der Waals surface area contributed by atoms with Crippen molar-refractivity contribution in [3.63, 3.8) is 0 Å². The van der Waals surface area contributed by atoms with Crippen LogP contribution < -0.4 is 5.32 Å². The Morgan fingerprint density at radius 3 is 3.09 bits per heavy atom. The van der Waals surface area contributed by atoms with Gasteiger partial charge < -0.3 is 5.32 Å². The minimum Gasteiger partial charge on any atom is -0.353 e. The summed E-state index contributed by atoms with van der Waals surface area (Å²) in [6.45, 7) is 2.17. The molecule has 0 aliphatic heterocycles. The van der Waals surface area contributed by atoms with E-state index in [0.29, 0.717) is 11.7 Å². The van der Waals surface area contributed by atoms with Crippen molar-refractivity contribution >= 4 is 23.3 Å². The Labute approximate surface area is 140 Å². The lowest BCUT2D eigenvalue weighted by atomic mass is 9.84. The quantitative estimate of drug-likeness (QED) is 0.857. The summed E-state index contributed by atoms with van der Waals surface area (Å²) >= 11 is 1.44. The van der Waals surface area contributed by atoms with Gasteiger partial charge in [-0.2, -0.15) is 0 Å². The summed E-state index contributed by atoms with van der Waals surface area (Å²) < 4.78 is 1.91. The molecule has 4 unspecified atom stereocenters. The topological polar surface area (TPSA) is 59.3 Å². The molecular formula is C17H22N4OS. The minimum atomic E-state index is 0.0953. The van der Waals surface area contributed by atoms with E-state index in [1.54, 1.807) is 0 Å². The average molecular weight is 330 g/mol. The zero-order chi connectivity index (χ0) is 15.8. The van der Waals surface area contributed by atoms with Gasteiger partial charge >= 0.3 is 0 Å². The minimum absolute atomic E-state index is 0.0953. The first-order valence-electron chi connectivity index (χ1n) is 8.42. The van der Waals surface area contributed by atoms with Crippen LogP contribution in [0, 0.1) is 17.8 Å². The Balaban J connectivity index is 1.32. The van der Waals surface area contributed by atoms with Crippen LogP contribution in [0.15, 0.2) is 29.6 Å². The molecule has 2 bridgehead atoms. The van der Waals surface area contributed by atoms with E-state index in [-0.39, 0.29) is 11.9 Å². The number of fused-ring (bicyclic) bond motifs is 3. The molecule has 2 aromatic heterocycles. The van der Waals surface area contributed by atoms with Gasteiger partial charge in [-0.3, -0.25) is 9.20 Å². The Bertz CT molecular complexity index is 715. The summed E-state index contributed by atoms with van der Waals surface area (Å²) in [6, 6.07) is 6.07. The third-order valence-corrected chi connectivity index (χ3v) is 6.38. The second-order valence-electron chi connectivity index (χ2n) is 6.89. The van der Waals surface area contributed by atoms with Crippen molar-refractivity contribution in [1.82, 2.24) is 19.9 Å². The molecule has 2 aliphatic carbocycles.